The van der Waals surface area contributed by atoms with Crippen LogP contribution in [0.2, 0.25) is 0 Å². The Bertz CT molecular complexity index is 288. The Morgan fingerprint density at radius 2 is 2.12 bits per heavy atom. The van der Waals surface area contributed by atoms with Gasteiger partial charge in [-0.2, -0.15) is 0 Å². The first-order chi connectivity index (χ1) is 7.74. The van der Waals surface area contributed by atoms with Crippen molar-refractivity contribution < 1.29 is 14.6 Å². The van der Waals surface area contributed by atoms with E-state index in [1.807, 2.05) is 0 Å². The number of aliphatic hydroxyl groups is 1. The normalized spacial score (nSPS) is 26.5. The highest BCUT2D eigenvalue weighted by Gasteiger charge is 2.53. The van der Waals surface area contributed by atoms with E-state index in [1.54, 1.807) is 20.8 Å². The Morgan fingerprint density at radius 1 is 1.53 bits per heavy atom. The fourth-order valence-electron chi connectivity index (χ4n) is 2.28. The largest absolute Gasteiger partial charge is 0.465 e. The lowest BCUT2D eigenvalue weighted by atomic mass is 9.74. The molecule has 4 nitrogen and oxygen atoms in total. The van der Waals surface area contributed by atoms with Crippen LogP contribution in [-0.4, -0.2) is 47.3 Å². The average molecular weight is 243 g/mol. The molecule has 1 heterocycles. The van der Waals surface area contributed by atoms with Crippen molar-refractivity contribution in [2.45, 2.75) is 52.7 Å². The van der Waals surface area contributed by atoms with Crippen molar-refractivity contribution >= 4 is 5.97 Å². The summed E-state index contributed by atoms with van der Waals surface area (Å²) >= 11 is 0. The van der Waals surface area contributed by atoms with E-state index in [-0.39, 0.29) is 5.97 Å². The topological polar surface area (TPSA) is 49.8 Å². The van der Waals surface area contributed by atoms with E-state index in [0.29, 0.717) is 25.6 Å². The Hall–Kier alpha value is -0.610. The van der Waals surface area contributed by atoms with Gasteiger partial charge in [-0.3, -0.25) is 9.69 Å². The van der Waals surface area contributed by atoms with Crippen LogP contribution < -0.4 is 0 Å². The second-order valence-electron chi connectivity index (χ2n) is 5.69. The van der Waals surface area contributed by atoms with Gasteiger partial charge in [-0.1, -0.05) is 0 Å². The monoisotopic (exact) mass is 243 g/mol. The van der Waals surface area contributed by atoms with Gasteiger partial charge in [-0.25, -0.2) is 0 Å². The molecule has 0 aliphatic carbocycles. The molecule has 0 bridgehead atoms. The molecule has 1 atom stereocenters. The van der Waals surface area contributed by atoms with E-state index in [9.17, 15) is 9.90 Å². The molecule has 1 N–H and O–H groups in total. The minimum Gasteiger partial charge on any atom is -0.465 e. The summed E-state index contributed by atoms with van der Waals surface area (Å²) in [6, 6.07) is 0.391. The molecular formula is C13H25NO3. The number of hydrogen-bond donors (Lipinski definition) is 1. The maximum Gasteiger partial charge on any atom is 0.314 e. The van der Waals surface area contributed by atoms with Crippen LogP contribution >= 0.6 is 0 Å². The first-order valence-corrected chi connectivity index (χ1v) is 6.38. The molecule has 0 radical (unpaired) electrons. The Labute approximate surface area is 104 Å². The first kappa shape index (κ1) is 14.5. The predicted molar refractivity (Wildman–Crippen MR) is 66.7 cm³/mol. The van der Waals surface area contributed by atoms with Gasteiger partial charge in [0.15, 0.2) is 0 Å². The lowest BCUT2D eigenvalue weighted by Crippen LogP contribution is -2.52. The van der Waals surface area contributed by atoms with Crippen molar-refractivity contribution in [3.63, 3.8) is 0 Å². The smallest absolute Gasteiger partial charge is 0.314 e. The highest BCUT2D eigenvalue weighted by atomic mass is 16.5. The molecule has 1 saturated heterocycles. The fourth-order valence-corrected chi connectivity index (χ4v) is 2.28. The molecule has 0 aromatic rings. The first-order valence-electron chi connectivity index (χ1n) is 6.38. The summed E-state index contributed by atoms with van der Waals surface area (Å²) < 4.78 is 5.06. The number of carbonyl (C=O) groups excluding carboxylic acids is 1. The van der Waals surface area contributed by atoms with Crippen molar-refractivity contribution in [1.29, 1.82) is 0 Å². The van der Waals surface area contributed by atoms with E-state index in [0.717, 1.165) is 6.54 Å². The standard InChI is InChI=1S/C13H25NO3/c1-6-17-11(15)12(4,5)13(16)7-8-14(9-13)10(2)3/h10,16H,6-9H2,1-5H3. The van der Waals surface area contributed by atoms with Gasteiger partial charge in [0.25, 0.3) is 0 Å². The van der Waals surface area contributed by atoms with Gasteiger partial charge < -0.3 is 9.84 Å². The van der Waals surface area contributed by atoms with Crippen LogP contribution in [0.15, 0.2) is 0 Å². The van der Waals surface area contributed by atoms with Gasteiger partial charge in [-0.15, -0.1) is 0 Å². The van der Waals surface area contributed by atoms with Crippen LogP contribution in [0.3, 0.4) is 0 Å². The summed E-state index contributed by atoms with van der Waals surface area (Å²) in [5.41, 5.74) is -1.84. The van der Waals surface area contributed by atoms with Crippen molar-refractivity contribution in [3.8, 4) is 0 Å². The third-order valence-corrected chi connectivity index (χ3v) is 3.96. The molecule has 0 aromatic carbocycles. The van der Waals surface area contributed by atoms with Crippen LogP contribution in [0.5, 0.6) is 0 Å². The summed E-state index contributed by atoms with van der Waals surface area (Å²) in [5.74, 6) is -0.312. The zero-order valence-electron chi connectivity index (χ0n) is 11.6. The third-order valence-electron chi connectivity index (χ3n) is 3.96. The predicted octanol–water partition coefficient (Wildman–Crippen LogP) is 1.42. The van der Waals surface area contributed by atoms with Crippen LogP contribution in [0.4, 0.5) is 0 Å². The van der Waals surface area contributed by atoms with Gasteiger partial charge in [0.2, 0.25) is 0 Å². The summed E-state index contributed by atoms with van der Waals surface area (Å²) in [7, 11) is 0. The molecule has 0 spiro atoms. The maximum absolute atomic E-state index is 11.9. The molecule has 0 saturated carbocycles. The number of esters is 1. The maximum atomic E-state index is 11.9. The third kappa shape index (κ3) is 2.63. The van der Waals surface area contributed by atoms with E-state index in [4.69, 9.17) is 4.74 Å². The minimum absolute atomic E-state index is 0.312. The molecule has 1 aliphatic heterocycles. The number of carbonyl (C=O) groups is 1. The summed E-state index contributed by atoms with van der Waals surface area (Å²) in [4.78, 5) is 14.1. The van der Waals surface area contributed by atoms with Gasteiger partial charge in [0.05, 0.1) is 17.6 Å². The van der Waals surface area contributed by atoms with Crippen molar-refractivity contribution in [2.24, 2.45) is 5.41 Å². The molecule has 0 amide bonds. The van der Waals surface area contributed by atoms with E-state index >= 15 is 0 Å². The average Bonchev–Trinajstić information content (AvgIpc) is 2.63. The molecule has 4 heteroatoms. The lowest BCUT2D eigenvalue weighted by Gasteiger charge is -2.38. The second kappa shape index (κ2) is 4.94. The Morgan fingerprint density at radius 3 is 2.53 bits per heavy atom. The highest BCUT2D eigenvalue weighted by Crippen LogP contribution is 2.39. The van der Waals surface area contributed by atoms with Crippen LogP contribution in [-0.2, 0) is 9.53 Å². The number of hydrogen-bond acceptors (Lipinski definition) is 4. The van der Waals surface area contributed by atoms with Crippen LogP contribution in [0.1, 0.15) is 41.0 Å². The molecule has 1 aliphatic rings. The van der Waals surface area contributed by atoms with E-state index in [1.165, 1.54) is 0 Å². The summed E-state index contributed by atoms with van der Waals surface area (Å²) in [6.07, 6.45) is 0.622. The number of likely N-dealkylation sites (tertiary alicyclic amines) is 1. The zero-order chi connectivity index (χ0) is 13.3. The van der Waals surface area contributed by atoms with Gasteiger partial charge >= 0.3 is 5.97 Å². The van der Waals surface area contributed by atoms with E-state index in [2.05, 4.69) is 18.7 Å². The van der Waals surface area contributed by atoms with E-state index < -0.39 is 11.0 Å². The molecule has 1 unspecified atom stereocenters. The number of rotatable bonds is 4. The fraction of sp³-hybridized carbons (Fsp3) is 0.923. The molecule has 1 fully saturated rings. The Balaban J connectivity index is 2.81. The zero-order valence-corrected chi connectivity index (χ0v) is 11.6. The van der Waals surface area contributed by atoms with Gasteiger partial charge in [0, 0.05) is 19.1 Å². The minimum atomic E-state index is -0.983. The number of nitrogens with zero attached hydrogens (tertiary/aromatic N) is 1. The molecule has 17 heavy (non-hydrogen) atoms. The highest BCUT2D eigenvalue weighted by molar-refractivity contribution is 5.77. The molecule has 0 aromatic heterocycles. The number of ether oxygens (including phenoxy) is 1. The Kier molecular flexibility index (Phi) is 4.20. The molecular weight excluding hydrogens is 218 g/mol. The number of β-amino-alcohol motifs (C(OH)–C–C–N with tert-alkyl or cyclic N) is 1. The van der Waals surface area contributed by atoms with Crippen LogP contribution in [0, 0.1) is 5.41 Å². The van der Waals surface area contributed by atoms with Gasteiger partial charge in [-0.05, 0) is 41.0 Å². The lowest BCUT2D eigenvalue weighted by molar-refractivity contribution is -0.169. The van der Waals surface area contributed by atoms with Gasteiger partial charge in [0.1, 0.15) is 0 Å². The van der Waals surface area contributed by atoms with Crippen molar-refractivity contribution in [1.82, 2.24) is 4.90 Å². The van der Waals surface area contributed by atoms with Crippen molar-refractivity contribution in [3.05, 3.63) is 0 Å². The molecule has 100 valence electrons. The quantitative estimate of drug-likeness (QED) is 0.759. The van der Waals surface area contributed by atoms with Crippen molar-refractivity contribution in [2.75, 3.05) is 19.7 Å². The second-order valence-corrected chi connectivity index (χ2v) is 5.69. The summed E-state index contributed by atoms with van der Waals surface area (Å²) in [6.45, 7) is 11.3. The SMILES string of the molecule is CCOC(=O)C(C)(C)C1(O)CCN(C(C)C)C1. The summed E-state index contributed by atoms with van der Waals surface area (Å²) in [5, 5.41) is 10.7. The molecule has 1 rings (SSSR count). The van der Waals surface area contributed by atoms with Crippen LogP contribution in [0.25, 0.3) is 0 Å².